The molecule has 3 heterocycles. The quantitative estimate of drug-likeness (QED) is 0.625. The largest absolute Gasteiger partial charge is 0.324 e. The zero-order chi connectivity index (χ0) is 14.8. The van der Waals surface area contributed by atoms with Gasteiger partial charge in [0.15, 0.2) is 5.16 Å². The minimum absolute atomic E-state index is 0.187. The van der Waals surface area contributed by atoms with Crippen LogP contribution in [0.5, 0.6) is 0 Å². The molecule has 0 aromatic carbocycles. The van der Waals surface area contributed by atoms with Gasteiger partial charge in [-0.1, -0.05) is 11.8 Å². The summed E-state index contributed by atoms with van der Waals surface area (Å²) in [5.74, 6) is 1.62. The first-order valence-electron chi connectivity index (χ1n) is 6.40. The van der Waals surface area contributed by atoms with Crippen LogP contribution < -0.4 is 11.3 Å². The molecular formula is C11H14N8OS. The lowest BCUT2D eigenvalue weighted by Gasteiger charge is -2.05. The molecule has 0 spiro atoms. The van der Waals surface area contributed by atoms with Gasteiger partial charge in [-0.3, -0.25) is 9.89 Å². The van der Waals surface area contributed by atoms with Gasteiger partial charge in [-0.2, -0.15) is 4.52 Å². The highest BCUT2D eigenvalue weighted by molar-refractivity contribution is 7.98. The maximum absolute atomic E-state index is 11.8. The van der Waals surface area contributed by atoms with Crippen molar-refractivity contribution in [3.63, 3.8) is 0 Å². The number of H-pyrrole nitrogens is 1. The Labute approximate surface area is 123 Å². The molecule has 0 amide bonds. The number of thioether (sulfide) groups is 1. The lowest BCUT2D eigenvalue weighted by atomic mass is 10.4. The first-order valence-corrected chi connectivity index (χ1v) is 7.38. The average Bonchev–Trinajstić information content (AvgIpc) is 3.10. The number of hydrogen-bond donors (Lipinski definition) is 2. The topological polar surface area (TPSA) is 120 Å². The third-order valence-electron chi connectivity index (χ3n) is 2.96. The maximum Gasteiger partial charge on any atom is 0.274 e. The van der Waals surface area contributed by atoms with Crippen LogP contribution in [0.15, 0.2) is 22.3 Å². The van der Waals surface area contributed by atoms with Crippen molar-refractivity contribution in [1.29, 1.82) is 0 Å². The molecule has 110 valence electrons. The van der Waals surface area contributed by atoms with Gasteiger partial charge in [-0.25, -0.2) is 9.97 Å². The fraction of sp³-hybridized carbons (Fsp3) is 0.364. The second kappa shape index (κ2) is 5.66. The molecule has 0 aliphatic carbocycles. The molecule has 0 saturated heterocycles. The summed E-state index contributed by atoms with van der Waals surface area (Å²) in [5.41, 5.74) is 6.08. The lowest BCUT2D eigenvalue weighted by molar-refractivity contribution is 0.643. The number of nitrogens with zero attached hydrogens (tertiary/aromatic N) is 6. The molecule has 0 atom stereocenters. The van der Waals surface area contributed by atoms with E-state index in [2.05, 4.69) is 25.3 Å². The number of nitrogens with one attached hydrogen (secondary N) is 1. The summed E-state index contributed by atoms with van der Waals surface area (Å²) in [7, 11) is 0. The molecule has 0 bridgehead atoms. The second-order valence-electron chi connectivity index (χ2n) is 4.24. The van der Waals surface area contributed by atoms with E-state index in [-0.39, 0.29) is 5.56 Å². The van der Waals surface area contributed by atoms with E-state index < -0.39 is 0 Å². The molecule has 3 N–H and O–H groups in total. The molecule has 0 unspecified atom stereocenters. The normalized spacial score (nSPS) is 11.3. The number of aromatic nitrogens is 7. The fourth-order valence-electron chi connectivity index (χ4n) is 1.98. The zero-order valence-electron chi connectivity index (χ0n) is 11.4. The third kappa shape index (κ3) is 2.54. The van der Waals surface area contributed by atoms with Gasteiger partial charge in [0, 0.05) is 18.4 Å². The van der Waals surface area contributed by atoms with Crippen LogP contribution >= 0.6 is 11.8 Å². The first-order chi connectivity index (χ1) is 10.2. The Morgan fingerprint density at radius 3 is 3.05 bits per heavy atom. The van der Waals surface area contributed by atoms with Gasteiger partial charge >= 0.3 is 0 Å². The smallest absolute Gasteiger partial charge is 0.274 e. The Bertz CT molecular complexity index is 819. The third-order valence-corrected chi connectivity index (χ3v) is 3.96. The molecule has 21 heavy (non-hydrogen) atoms. The molecule has 3 rings (SSSR count). The number of nitrogens with two attached hydrogens (primary N) is 1. The molecule has 0 fully saturated rings. The Morgan fingerprint density at radius 1 is 1.43 bits per heavy atom. The van der Waals surface area contributed by atoms with Crippen molar-refractivity contribution in [2.45, 2.75) is 30.9 Å². The Kier molecular flexibility index (Phi) is 3.71. The van der Waals surface area contributed by atoms with Crippen molar-refractivity contribution in [1.82, 2.24) is 34.3 Å². The van der Waals surface area contributed by atoms with Crippen LogP contribution in [-0.4, -0.2) is 34.3 Å². The molecule has 0 saturated carbocycles. The summed E-state index contributed by atoms with van der Waals surface area (Å²) < 4.78 is 3.24. The van der Waals surface area contributed by atoms with E-state index in [1.54, 1.807) is 0 Å². The van der Waals surface area contributed by atoms with E-state index in [0.29, 0.717) is 23.8 Å². The standard InChI is InChI=1S/C11H14N8OS/c1-2-18-8(4-12)16-17-11(18)21-5-7-3-9(20)19-10(15-7)13-6-14-19/h3,6H,2,4-5,12H2,1H3,(H,13,14,15). The van der Waals surface area contributed by atoms with Crippen molar-refractivity contribution in [2.24, 2.45) is 5.73 Å². The van der Waals surface area contributed by atoms with Gasteiger partial charge in [0.2, 0.25) is 0 Å². The van der Waals surface area contributed by atoms with Gasteiger partial charge in [0.1, 0.15) is 12.2 Å². The van der Waals surface area contributed by atoms with Crippen LogP contribution in [0.25, 0.3) is 5.78 Å². The lowest BCUT2D eigenvalue weighted by Crippen LogP contribution is -2.15. The van der Waals surface area contributed by atoms with Gasteiger partial charge < -0.3 is 10.3 Å². The number of rotatable bonds is 5. The summed E-state index contributed by atoms with van der Waals surface area (Å²) in [6, 6.07) is 1.48. The Hall–Kier alpha value is -2.20. The fourth-order valence-corrected chi connectivity index (χ4v) is 2.89. The minimum atomic E-state index is -0.187. The van der Waals surface area contributed by atoms with Crippen LogP contribution in [0.2, 0.25) is 0 Å². The predicted molar refractivity (Wildman–Crippen MR) is 76.8 cm³/mol. The van der Waals surface area contributed by atoms with Crippen molar-refractivity contribution in [3.8, 4) is 0 Å². The van der Waals surface area contributed by atoms with E-state index in [1.165, 1.54) is 28.7 Å². The Balaban J connectivity index is 1.83. The van der Waals surface area contributed by atoms with Crippen molar-refractivity contribution in [3.05, 3.63) is 34.3 Å². The molecule has 0 aliphatic rings. The van der Waals surface area contributed by atoms with Crippen molar-refractivity contribution >= 4 is 17.5 Å². The van der Waals surface area contributed by atoms with Gasteiger partial charge in [-0.05, 0) is 6.92 Å². The molecule has 3 aromatic rings. The highest BCUT2D eigenvalue weighted by atomic mass is 32.2. The van der Waals surface area contributed by atoms with E-state index in [1.807, 2.05) is 11.5 Å². The van der Waals surface area contributed by atoms with Crippen LogP contribution in [-0.2, 0) is 18.8 Å². The minimum Gasteiger partial charge on any atom is -0.324 e. The maximum atomic E-state index is 11.8. The summed E-state index contributed by atoms with van der Waals surface area (Å²) in [6.07, 6.45) is 1.43. The molecule has 0 aliphatic heterocycles. The highest BCUT2D eigenvalue weighted by Gasteiger charge is 2.11. The van der Waals surface area contributed by atoms with Gasteiger partial charge in [0.05, 0.1) is 12.2 Å². The molecule has 0 radical (unpaired) electrons. The summed E-state index contributed by atoms with van der Waals surface area (Å²) >= 11 is 1.47. The van der Waals surface area contributed by atoms with E-state index in [9.17, 15) is 4.79 Å². The van der Waals surface area contributed by atoms with Crippen LogP contribution in [0.1, 0.15) is 18.4 Å². The Morgan fingerprint density at radius 2 is 2.29 bits per heavy atom. The SMILES string of the molecule is CCn1c(CN)nnc1SCc1cc(=O)n2[nH]cnc2n1. The molecule has 10 heteroatoms. The van der Waals surface area contributed by atoms with Gasteiger partial charge in [0.25, 0.3) is 11.3 Å². The zero-order valence-corrected chi connectivity index (χ0v) is 12.2. The van der Waals surface area contributed by atoms with Crippen LogP contribution in [0, 0.1) is 0 Å². The van der Waals surface area contributed by atoms with E-state index >= 15 is 0 Å². The number of hydrogen-bond acceptors (Lipinski definition) is 7. The first kappa shape index (κ1) is 13.8. The van der Waals surface area contributed by atoms with Gasteiger partial charge in [-0.15, -0.1) is 10.2 Å². The van der Waals surface area contributed by atoms with Crippen LogP contribution in [0.4, 0.5) is 0 Å². The average molecular weight is 306 g/mol. The molecule has 3 aromatic heterocycles. The summed E-state index contributed by atoms with van der Waals surface area (Å²) in [5, 5.41) is 11.6. The molecular weight excluding hydrogens is 292 g/mol. The van der Waals surface area contributed by atoms with E-state index in [4.69, 9.17) is 5.73 Å². The van der Waals surface area contributed by atoms with Crippen LogP contribution in [0.3, 0.4) is 0 Å². The second-order valence-corrected chi connectivity index (χ2v) is 5.19. The van der Waals surface area contributed by atoms with E-state index in [0.717, 1.165) is 17.5 Å². The molecule has 9 nitrogen and oxygen atoms in total. The number of fused-ring (bicyclic) bond motifs is 1. The highest BCUT2D eigenvalue weighted by Crippen LogP contribution is 2.20. The van der Waals surface area contributed by atoms with Crippen molar-refractivity contribution in [2.75, 3.05) is 0 Å². The monoisotopic (exact) mass is 306 g/mol. The summed E-state index contributed by atoms with van der Waals surface area (Å²) in [6.45, 7) is 3.10. The predicted octanol–water partition coefficient (Wildman–Crippen LogP) is -0.220. The summed E-state index contributed by atoms with van der Waals surface area (Å²) in [4.78, 5) is 20.1. The van der Waals surface area contributed by atoms with Crippen molar-refractivity contribution < 1.29 is 0 Å². The number of aromatic amines is 1.